The van der Waals surface area contributed by atoms with Gasteiger partial charge in [-0.05, 0) is 56.2 Å². The molecule has 3 aromatic rings. The first kappa shape index (κ1) is 20.1. The number of nitrogens with two attached hydrogens (primary N) is 1. The van der Waals surface area contributed by atoms with Gasteiger partial charge in [-0.2, -0.15) is 5.26 Å². The van der Waals surface area contributed by atoms with Crippen molar-refractivity contribution >= 4 is 29.9 Å². The second kappa shape index (κ2) is 8.57. The van der Waals surface area contributed by atoms with Gasteiger partial charge in [-0.15, -0.1) is 0 Å². The zero-order chi connectivity index (χ0) is 20.1. The van der Waals surface area contributed by atoms with E-state index < -0.39 is 7.60 Å². The van der Waals surface area contributed by atoms with Crippen molar-refractivity contribution in [3.05, 3.63) is 53.6 Å². The summed E-state index contributed by atoms with van der Waals surface area (Å²) >= 11 is 0. The summed E-state index contributed by atoms with van der Waals surface area (Å²) in [5, 5.41) is 9.57. The van der Waals surface area contributed by atoms with Crippen molar-refractivity contribution in [3.63, 3.8) is 0 Å². The highest BCUT2D eigenvalue weighted by Gasteiger charge is 2.26. The van der Waals surface area contributed by atoms with E-state index >= 15 is 0 Å². The van der Waals surface area contributed by atoms with E-state index in [1.54, 1.807) is 38.1 Å². The third-order valence-electron chi connectivity index (χ3n) is 4.38. The smallest absolute Gasteiger partial charge is 0.361 e. The van der Waals surface area contributed by atoms with Crippen molar-refractivity contribution in [1.82, 2.24) is 9.55 Å². The number of hydrogen-bond acceptors (Lipinski definition) is 6. The Morgan fingerprint density at radius 3 is 2.43 bits per heavy atom. The first-order chi connectivity index (χ1) is 13.5. The van der Waals surface area contributed by atoms with Crippen molar-refractivity contribution in [2.24, 2.45) is 0 Å². The predicted molar refractivity (Wildman–Crippen MR) is 109 cm³/mol. The summed E-state index contributed by atoms with van der Waals surface area (Å²) in [4.78, 5) is 4.34. The minimum Gasteiger partial charge on any atom is -0.369 e. The molecule has 0 aliphatic rings. The third-order valence-corrected chi connectivity index (χ3v) is 6.51. The third kappa shape index (κ3) is 4.10. The van der Waals surface area contributed by atoms with Gasteiger partial charge in [0.2, 0.25) is 5.95 Å². The molecule has 0 saturated heterocycles. The SMILES string of the molecule is CCOP(=O)(OCC)c1ccc(CCn2c(N)nc3cc(C#N)ccc32)cc1. The van der Waals surface area contributed by atoms with Crippen LogP contribution >= 0.6 is 7.60 Å². The lowest BCUT2D eigenvalue weighted by molar-refractivity contribution is 0.230. The van der Waals surface area contributed by atoms with E-state index in [2.05, 4.69) is 11.1 Å². The fourth-order valence-electron chi connectivity index (χ4n) is 3.07. The normalized spacial score (nSPS) is 11.6. The summed E-state index contributed by atoms with van der Waals surface area (Å²) in [6.07, 6.45) is 0.726. The van der Waals surface area contributed by atoms with Gasteiger partial charge < -0.3 is 19.3 Å². The van der Waals surface area contributed by atoms with Crippen LogP contribution in [-0.4, -0.2) is 22.8 Å². The van der Waals surface area contributed by atoms with Crippen LogP contribution in [0.25, 0.3) is 11.0 Å². The Kier molecular flexibility index (Phi) is 6.15. The maximum Gasteiger partial charge on any atom is 0.361 e. The van der Waals surface area contributed by atoms with Crippen LogP contribution in [0, 0.1) is 11.3 Å². The van der Waals surface area contributed by atoms with E-state index in [-0.39, 0.29) is 0 Å². The Hall–Kier alpha value is -2.65. The molecule has 0 aliphatic heterocycles. The minimum atomic E-state index is -3.27. The molecule has 0 bridgehead atoms. The number of hydrogen-bond donors (Lipinski definition) is 1. The molecule has 1 heterocycles. The predicted octanol–water partition coefficient (Wildman–Crippen LogP) is 3.62. The van der Waals surface area contributed by atoms with Crippen LogP contribution in [0.15, 0.2) is 42.5 Å². The molecule has 0 fully saturated rings. The van der Waals surface area contributed by atoms with Crippen LogP contribution in [0.5, 0.6) is 0 Å². The number of nitrogens with zero attached hydrogens (tertiary/aromatic N) is 3. The van der Waals surface area contributed by atoms with Crippen molar-refractivity contribution in [3.8, 4) is 6.07 Å². The maximum atomic E-state index is 12.8. The van der Waals surface area contributed by atoms with Gasteiger partial charge in [0.05, 0.1) is 41.2 Å². The van der Waals surface area contributed by atoms with Crippen LogP contribution in [0.1, 0.15) is 25.0 Å². The van der Waals surface area contributed by atoms with Crippen LogP contribution in [0.4, 0.5) is 5.95 Å². The maximum absolute atomic E-state index is 12.8. The number of imidazole rings is 1. The average Bonchev–Trinajstić information content (AvgIpc) is 3.01. The number of aromatic nitrogens is 2. The molecule has 0 unspecified atom stereocenters. The van der Waals surface area contributed by atoms with Gasteiger partial charge in [-0.3, -0.25) is 4.57 Å². The molecule has 146 valence electrons. The van der Waals surface area contributed by atoms with E-state index in [9.17, 15) is 4.57 Å². The molecule has 2 aromatic carbocycles. The molecule has 0 radical (unpaired) electrons. The molecule has 0 amide bonds. The molecule has 8 heteroatoms. The molecule has 7 nitrogen and oxygen atoms in total. The summed E-state index contributed by atoms with van der Waals surface area (Å²) in [5.41, 5.74) is 9.28. The highest BCUT2D eigenvalue weighted by atomic mass is 31.2. The summed E-state index contributed by atoms with van der Waals surface area (Å²) < 4.78 is 25.5. The highest BCUT2D eigenvalue weighted by Crippen LogP contribution is 2.46. The van der Waals surface area contributed by atoms with Gasteiger partial charge in [0.1, 0.15) is 0 Å². The van der Waals surface area contributed by atoms with E-state index in [1.165, 1.54) is 0 Å². The van der Waals surface area contributed by atoms with Crippen LogP contribution in [0.2, 0.25) is 0 Å². The summed E-state index contributed by atoms with van der Waals surface area (Å²) in [7, 11) is -3.27. The number of fused-ring (bicyclic) bond motifs is 1. The van der Waals surface area contributed by atoms with Gasteiger partial charge in [-0.1, -0.05) is 12.1 Å². The van der Waals surface area contributed by atoms with E-state index in [0.29, 0.717) is 42.1 Å². The molecule has 0 saturated carbocycles. The van der Waals surface area contributed by atoms with Crippen LogP contribution in [0.3, 0.4) is 0 Å². The van der Waals surface area contributed by atoms with Gasteiger partial charge in [-0.25, -0.2) is 4.98 Å². The summed E-state index contributed by atoms with van der Waals surface area (Å²) in [6.45, 7) is 4.86. The fraction of sp³-hybridized carbons (Fsp3) is 0.300. The number of aryl methyl sites for hydroxylation is 2. The number of benzene rings is 2. The standard InChI is InChI=1S/C20H23N4O3P/c1-3-26-28(25,27-4-2)17-8-5-15(6-9-17)11-12-24-19-10-7-16(14-21)13-18(19)23-20(24)22/h5-10,13H,3-4,11-12H2,1-2H3,(H2,22,23). The molecule has 28 heavy (non-hydrogen) atoms. The molecular weight excluding hydrogens is 375 g/mol. The van der Waals surface area contributed by atoms with E-state index in [0.717, 1.165) is 17.5 Å². The van der Waals surface area contributed by atoms with Crippen LogP contribution < -0.4 is 11.0 Å². The zero-order valence-corrected chi connectivity index (χ0v) is 16.9. The number of rotatable bonds is 8. The van der Waals surface area contributed by atoms with Crippen molar-refractivity contribution < 1.29 is 13.6 Å². The lowest BCUT2D eigenvalue weighted by Crippen LogP contribution is -2.11. The van der Waals surface area contributed by atoms with Gasteiger partial charge >= 0.3 is 7.60 Å². The van der Waals surface area contributed by atoms with Gasteiger partial charge in [0, 0.05) is 6.54 Å². The van der Waals surface area contributed by atoms with Crippen LogP contribution in [-0.2, 0) is 26.6 Å². The van der Waals surface area contributed by atoms with Gasteiger partial charge in [0.15, 0.2) is 0 Å². The Morgan fingerprint density at radius 2 is 1.82 bits per heavy atom. The minimum absolute atomic E-state index is 0.319. The second-order valence-corrected chi connectivity index (χ2v) is 8.21. The molecule has 0 atom stereocenters. The lowest BCUT2D eigenvalue weighted by atomic mass is 10.1. The first-order valence-electron chi connectivity index (χ1n) is 9.15. The molecule has 0 aliphatic carbocycles. The van der Waals surface area contributed by atoms with Crippen molar-refractivity contribution in [1.29, 1.82) is 5.26 Å². The molecular formula is C20H23N4O3P. The number of nitrogen functional groups attached to an aromatic ring is 1. The average molecular weight is 398 g/mol. The Balaban J connectivity index is 1.77. The molecule has 3 rings (SSSR count). The molecule has 2 N–H and O–H groups in total. The van der Waals surface area contributed by atoms with Crippen molar-refractivity contribution in [2.45, 2.75) is 26.8 Å². The topological polar surface area (TPSA) is 103 Å². The lowest BCUT2D eigenvalue weighted by Gasteiger charge is -2.17. The van der Waals surface area contributed by atoms with Crippen molar-refractivity contribution in [2.75, 3.05) is 18.9 Å². The number of anilines is 1. The monoisotopic (exact) mass is 398 g/mol. The number of nitriles is 1. The summed E-state index contributed by atoms with van der Waals surface area (Å²) in [5.74, 6) is 0.416. The first-order valence-corrected chi connectivity index (χ1v) is 10.7. The largest absolute Gasteiger partial charge is 0.369 e. The quantitative estimate of drug-likeness (QED) is 0.581. The van der Waals surface area contributed by atoms with E-state index in [1.807, 2.05) is 22.8 Å². The fourth-order valence-corrected chi connectivity index (χ4v) is 4.63. The van der Waals surface area contributed by atoms with Gasteiger partial charge in [0.25, 0.3) is 0 Å². The Bertz CT molecular complexity index is 1040. The highest BCUT2D eigenvalue weighted by molar-refractivity contribution is 7.62. The Labute approximate surface area is 164 Å². The second-order valence-electron chi connectivity index (χ2n) is 6.19. The zero-order valence-electron chi connectivity index (χ0n) is 16.0. The summed E-state index contributed by atoms with van der Waals surface area (Å²) in [6, 6.07) is 14.9. The molecule has 0 spiro atoms. The Morgan fingerprint density at radius 1 is 1.14 bits per heavy atom. The van der Waals surface area contributed by atoms with E-state index in [4.69, 9.17) is 20.0 Å². The molecule has 1 aromatic heterocycles.